The van der Waals surface area contributed by atoms with Crippen LogP contribution in [0.1, 0.15) is 61.9 Å². The van der Waals surface area contributed by atoms with Crippen LogP contribution in [0.15, 0.2) is 54.7 Å². The minimum absolute atomic E-state index is 0.0158. The molecule has 42 heavy (non-hydrogen) atoms. The van der Waals surface area contributed by atoms with Gasteiger partial charge in [0.15, 0.2) is 5.88 Å². The topological polar surface area (TPSA) is 111 Å². The van der Waals surface area contributed by atoms with Crippen LogP contribution in [0.4, 0.5) is 34.1 Å². The molecule has 9 nitrogen and oxygen atoms in total. The Hall–Kier alpha value is -4.66. The zero-order valence-electron chi connectivity index (χ0n) is 23.7. The van der Waals surface area contributed by atoms with E-state index < -0.39 is 35.5 Å². The fourth-order valence-electron chi connectivity index (χ4n) is 4.68. The summed E-state index contributed by atoms with van der Waals surface area (Å²) in [5.41, 5.74) is -0.0223. The van der Waals surface area contributed by atoms with Crippen LogP contribution in [0.25, 0.3) is 0 Å². The Kier molecular flexibility index (Phi) is 8.43. The molecule has 0 bridgehead atoms. The minimum Gasteiger partial charge on any atom is -0.494 e. The predicted molar refractivity (Wildman–Crippen MR) is 149 cm³/mol. The van der Waals surface area contributed by atoms with Gasteiger partial charge >= 0.3 is 18.3 Å². The number of urea groups is 1. The quantitative estimate of drug-likeness (QED) is 0.302. The molecule has 2 heterocycles. The van der Waals surface area contributed by atoms with Crippen LogP contribution in [0.5, 0.6) is 5.88 Å². The number of halogens is 3. The molecule has 1 aliphatic rings. The van der Waals surface area contributed by atoms with Crippen molar-refractivity contribution in [3.8, 4) is 11.9 Å². The van der Waals surface area contributed by atoms with Crippen LogP contribution in [0.2, 0.25) is 0 Å². The monoisotopic (exact) mass is 583 g/mol. The number of ether oxygens (including phenoxy) is 1. The molecule has 0 spiro atoms. The molecular weight excluding hydrogens is 551 g/mol. The van der Waals surface area contributed by atoms with E-state index in [1.165, 1.54) is 27.8 Å². The number of anilines is 2. The molecule has 0 unspecified atom stereocenters. The number of nitriles is 1. The molecule has 4 rings (SSSR count). The number of aromatic hydroxyl groups is 1. The number of aromatic nitrogens is 1. The van der Waals surface area contributed by atoms with Crippen molar-refractivity contribution in [2.75, 3.05) is 18.5 Å². The molecule has 3 aromatic rings. The first-order valence-electron chi connectivity index (χ1n) is 13.3. The van der Waals surface area contributed by atoms with Gasteiger partial charge in [-0.25, -0.2) is 9.59 Å². The summed E-state index contributed by atoms with van der Waals surface area (Å²) in [7, 11) is 1.63. The first kappa shape index (κ1) is 30.3. The van der Waals surface area contributed by atoms with Gasteiger partial charge in [-0.15, -0.1) is 0 Å². The summed E-state index contributed by atoms with van der Waals surface area (Å²) in [6.07, 6.45) is -2.41. The van der Waals surface area contributed by atoms with Gasteiger partial charge in [-0.1, -0.05) is 18.2 Å². The molecule has 0 fully saturated rings. The fourth-order valence-corrected chi connectivity index (χ4v) is 4.68. The van der Waals surface area contributed by atoms with Crippen LogP contribution in [0, 0.1) is 11.3 Å². The lowest BCUT2D eigenvalue weighted by molar-refractivity contribution is -0.137. The van der Waals surface area contributed by atoms with Gasteiger partial charge in [-0.3, -0.25) is 4.90 Å². The summed E-state index contributed by atoms with van der Waals surface area (Å²) in [4.78, 5) is 28.2. The number of nitrogens with one attached hydrogen (secondary N) is 1. The summed E-state index contributed by atoms with van der Waals surface area (Å²) in [5.74, 6) is -0.156. The number of hydrogen-bond donors (Lipinski definition) is 2. The summed E-state index contributed by atoms with van der Waals surface area (Å²) < 4.78 is 47.3. The highest BCUT2D eigenvalue weighted by Crippen LogP contribution is 2.45. The zero-order chi connectivity index (χ0) is 30.8. The molecule has 1 aromatic heterocycles. The molecule has 0 aliphatic carbocycles. The molecular formula is C30H32F3N5O4. The van der Waals surface area contributed by atoms with Crippen molar-refractivity contribution in [3.63, 3.8) is 0 Å². The summed E-state index contributed by atoms with van der Waals surface area (Å²) >= 11 is 0. The number of fused-ring (bicyclic) bond motifs is 1. The second-order valence-electron chi connectivity index (χ2n) is 11.1. The Bertz CT molecular complexity index is 1500. The van der Waals surface area contributed by atoms with E-state index >= 15 is 0 Å². The van der Waals surface area contributed by atoms with Crippen molar-refractivity contribution in [1.29, 1.82) is 5.26 Å². The van der Waals surface area contributed by atoms with Crippen molar-refractivity contribution < 1.29 is 32.6 Å². The lowest BCUT2D eigenvalue weighted by Crippen LogP contribution is -2.44. The molecule has 0 saturated heterocycles. The largest absolute Gasteiger partial charge is 0.494 e. The van der Waals surface area contributed by atoms with Crippen molar-refractivity contribution >= 4 is 23.5 Å². The number of carbonyl (C=O) groups excluding carboxylic acids is 2. The van der Waals surface area contributed by atoms with E-state index in [2.05, 4.69) is 5.32 Å². The number of aryl methyl sites for hydroxylation is 1. The standard InChI is InChI=1S/C30H32F3N5O4/c1-29(2,3)42-28(41)36(4)14-5-6-15-37-18-23-24(26(37)39)25(20-12-10-19(17-34)11-13-20)35-27(40)38(23)22-9-7-8-21(16-22)30(31,32)33/h7-13,16,18,25,39H,5-6,14-15H2,1-4H3,(H,35,40)/t25-/m1/s1. The number of unbranched alkanes of at least 4 members (excludes halogenated alkanes) is 1. The van der Waals surface area contributed by atoms with E-state index in [9.17, 15) is 27.9 Å². The van der Waals surface area contributed by atoms with Crippen molar-refractivity contribution in [2.24, 2.45) is 0 Å². The Morgan fingerprint density at radius 1 is 1.14 bits per heavy atom. The van der Waals surface area contributed by atoms with Crippen molar-refractivity contribution in [2.45, 2.75) is 58.0 Å². The number of carbonyl (C=O) groups is 2. The molecule has 222 valence electrons. The van der Waals surface area contributed by atoms with Crippen LogP contribution in [-0.2, 0) is 17.5 Å². The number of hydrogen-bond acceptors (Lipinski definition) is 5. The predicted octanol–water partition coefficient (Wildman–Crippen LogP) is 6.68. The average molecular weight is 584 g/mol. The highest BCUT2D eigenvalue weighted by molar-refractivity contribution is 6.03. The molecule has 0 saturated carbocycles. The minimum atomic E-state index is -4.61. The maximum absolute atomic E-state index is 13.5. The third-order valence-electron chi connectivity index (χ3n) is 6.72. The first-order valence-corrected chi connectivity index (χ1v) is 13.3. The van der Waals surface area contributed by atoms with Crippen LogP contribution in [0.3, 0.4) is 0 Å². The van der Waals surface area contributed by atoms with Gasteiger partial charge in [0.2, 0.25) is 0 Å². The van der Waals surface area contributed by atoms with E-state index in [1.807, 2.05) is 6.07 Å². The molecule has 2 N–H and O–H groups in total. The number of benzene rings is 2. The Morgan fingerprint density at radius 3 is 2.45 bits per heavy atom. The van der Waals surface area contributed by atoms with Gasteiger partial charge in [-0.05, 0) is 69.5 Å². The number of alkyl halides is 3. The van der Waals surface area contributed by atoms with E-state index in [0.29, 0.717) is 42.6 Å². The lowest BCUT2D eigenvalue weighted by Gasteiger charge is -2.33. The summed E-state index contributed by atoms with van der Waals surface area (Å²) in [6, 6.07) is 11.4. The SMILES string of the molecule is CN(CCCCn1cc2c(c1O)[C@@H](c1ccc(C#N)cc1)NC(=O)N2c1cccc(C(F)(F)F)c1)C(=O)OC(C)(C)C. The van der Waals surface area contributed by atoms with Gasteiger partial charge in [0.05, 0.1) is 40.2 Å². The Labute approximate surface area is 241 Å². The average Bonchev–Trinajstić information content (AvgIpc) is 3.24. The third kappa shape index (κ3) is 6.62. The van der Waals surface area contributed by atoms with Gasteiger partial charge in [0.25, 0.3) is 0 Å². The van der Waals surface area contributed by atoms with Gasteiger partial charge in [-0.2, -0.15) is 18.4 Å². The highest BCUT2D eigenvalue weighted by atomic mass is 19.4. The smallest absolute Gasteiger partial charge is 0.416 e. The Balaban J connectivity index is 1.64. The van der Waals surface area contributed by atoms with Crippen LogP contribution in [-0.4, -0.2) is 45.9 Å². The second kappa shape index (κ2) is 11.7. The summed E-state index contributed by atoms with van der Waals surface area (Å²) in [6.45, 7) is 6.06. The van der Waals surface area contributed by atoms with E-state index in [4.69, 9.17) is 10.00 Å². The summed E-state index contributed by atoms with van der Waals surface area (Å²) in [5, 5.41) is 23.3. The lowest BCUT2D eigenvalue weighted by atomic mass is 9.96. The van der Waals surface area contributed by atoms with Crippen molar-refractivity contribution in [1.82, 2.24) is 14.8 Å². The molecule has 1 aliphatic heterocycles. The molecule has 12 heteroatoms. The van der Waals surface area contributed by atoms with E-state index in [0.717, 1.165) is 17.0 Å². The highest BCUT2D eigenvalue weighted by Gasteiger charge is 2.38. The normalized spacial score (nSPS) is 15.0. The molecule has 3 amide bonds. The first-order chi connectivity index (χ1) is 19.7. The van der Waals surface area contributed by atoms with Gasteiger partial charge < -0.3 is 24.6 Å². The number of rotatable bonds is 7. The van der Waals surface area contributed by atoms with Crippen LogP contribution < -0.4 is 10.2 Å². The number of amides is 3. The molecule has 0 radical (unpaired) electrons. The van der Waals surface area contributed by atoms with Crippen molar-refractivity contribution in [3.05, 3.63) is 77.0 Å². The van der Waals surface area contributed by atoms with Crippen LogP contribution >= 0.6 is 0 Å². The Morgan fingerprint density at radius 2 is 1.83 bits per heavy atom. The molecule has 2 aromatic carbocycles. The zero-order valence-corrected chi connectivity index (χ0v) is 23.7. The van der Waals surface area contributed by atoms with Gasteiger partial charge in [0, 0.05) is 26.3 Å². The van der Waals surface area contributed by atoms with Gasteiger partial charge in [0.1, 0.15) is 5.60 Å². The van der Waals surface area contributed by atoms with E-state index in [-0.39, 0.29) is 17.3 Å². The number of nitrogens with zero attached hydrogens (tertiary/aromatic N) is 4. The molecule has 1 atom stereocenters. The van der Waals surface area contributed by atoms with E-state index in [1.54, 1.807) is 52.1 Å². The second-order valence-corrected chi connectivity index (χ2v) is 11.1. The fraction of sp³-hybridized carbons (Fsp3) is 0.367. The third-order valence-corrected chi connectivity index (χ3v) is 6.72. The maximum Gasteiger partial charge on any atom is 0.416 e. The maximum atomic E-state index is 13.5.